The molecule has 1 aliphatic carbocycles. The zero-order valence-corrected chi connectivity index (χ0v) is 16.9. The van der Waals surface area contributed by atoms with E-state index in [-0.39, 0.29) is 18.2 Å². The van der Waals surface area contributed by atoms with E-state index < -0.39 is 10.0 Å². The highest BCUT2D eigenvalue weighted by molar-refractivity contribution is 7.89. The second-order valence-electron chi connectivity index (χ2n) is 8.16. The van der Waals surface area contributed by atoms with Crippen molar-refractivity contribution in [1.29, 1.82) is 0 Å². The SMILES string of the molecule is Cc1ccc(S(=O)(=O)N2CC[C@]3(c4ccc5c(c4)OCO5)CCCC[C@H]23)cc1. The highest BCUT2D eigenvalue weighted by atomic mass is 32.2. The minimum absolute atomic E-state index is 0.00655. The van der Waals surface area contributed by atoms with E-state index in [1.807, 2.05) is 25.1 Å². The van der Waals surface area contributed by atoms with Crippen LogP contribution in [0.25, 0.3) is 0 Å². The van der Waals surface area contributed by atoms with Crippen molar-refractivity contribution in [1.82, 2.24) is 4.31 Å². The average Bonchev–Trinajstić information content (AvgIpc) is 3.33. The number of ether oxygens (including phenoxy) is 2. The summed E-state index contributed by atoms with van der Waals surface area (Å²) in [4.78, 5) is 0.394. The van der Waals surface area contributed by atoms with Crippen molar-refractivity contribution in [2.45, 2.75) is 55.4 Å². The highest BCUT2D eigenvalue weighted by Gasteiger charge is 2.53. The number of hydrogen-bond donors (Lipinski definition) is 0. The maximum atomic E-state index is 13.4. The minimum Gasteiger partial charge on any atom is -0.454 e. The first-order valence-electron chi connectivity index (χ1n) is 9.99. The monoisotopic (exact) mass is 399 g/mol. The molecule has 5 nitrogen and oxygen atoms in total. The Hall–Kier alpha value is -2.05. The van der Waals surface area contributed by atoms with Crippen LogP contribution in [0.1, 0.15) is 43.2 Å². The lowest BCUT2D eigenvalue weighted by Crippen LogP contribution is -2.47. The summed E-state index contributed by atoms with van der Waals surface area (Å²) < 4.78 is 39.7. The van der Waals surface area contributed by atoms with Gasteiger partial charge in [-0.15, -0.1) is 0 Å². The molecule has 0 unspecified atom stereocenters. The van der Waals surface area contributed by atoms with Crippen molar-refractivity contribution in [3.05, 3.63) is 53.6 Å². The van der Waals surface area contributed by atoms with Crippen LogP contribution in [-0.4, -0.2) is 32.1 Å². The van der Waals surface area contributed by atoms with Crippen LogP contribution in [-0.2, 0) is 15.4 Å². The van der Waals surface area contributed by atoms with Crippen LogP contribution in [0, 0.1) is 6.92 Å². The number of sulfonamides is 1. The van der Waals surface area contributed by atoms with Crippen molar-refractivity contribution in [3.63, 3.8) is 0 Å². The van der Waals surface area contributed by atoms with Gasteiger partial charge in [-0.05, 0) is 56.0 Å². The normalized spacial score (nSPS) is 27.0. The summed E-state index contributed by atoms with van der Waals surface area (Å²) in [6.07, 6.45) is 4.96. The topological polar surface area (TPSA) is 55.8 Å². The molecule has 148 valence electrons. The van der Waals surface area contributed by atoms with E-state index in [1.165, 1.54) is 5.56 Å². The highest BCUT2D eigenvalue weighted by Crippen LogP contribution is 2.52. The van der Waals surface area contributed by atoms with Gasteiger partial charge in [0.2, 0.25) is 16.8 Å². The van der Waals surface area contributed by atoms with Crippen molar-refractivity contribution < 1.29 is 17.9 Å². The molecule has 0 spiro atoms. The first-order valence-corrected chi connectivity index (χ1v) is 11.4. The van der Waals surface area contributed by atoms with Gasteiger partial charge in [-0.2, -0.15) is 4.31 Å². The van der Waals surface area contributed by atoms with Gasteiger partial charge in [-0.25, -0.2) is 8.42 Å². The van der Waals surface area contributed by atoms with E-state index in [1.54, 1.807) is 16.4 Å². The predicted octanol–water partition coefficient (Wildman–Crippen LogP) is 4.00. The van der Waals surface area contributed by atoms with Crippen LogP contribution >= 0.6 is 0 Å². The standard InChI is InChI=1S/C22H25NO4S/c1-16-5-8-18(9-6-16)28(24,25)23-13-12-22(11-3-2-4-21(22)23)17-7-10-19-20(14-17)27-15-26-19/h5-10,14,21H,2-4,11-13,15H2,1H3/t21-,22-/m0/s1. The molecule has 0 radical (unpaired) electrons. The summed E-state index contributed by atoms with van der Waals surface area (Å²) in [5, 5.41) is 0. The first-order chi connectivity index (χ1) is 13.5. The molecule has 0 amide bonds. The number of fused-ring (bicyclic) bond motifs is 2. The largest absolute Gasteiger partial charge is 0.454 e. The smallest absolute Gasteiger partial charge is 0.243 e. The van der Waals surface area contributed by atoms with Crippen LogP contribution in [0.3, 0.4) is 0 Å². The van der Waals surface area contributed by atoms with Crippen LogP contribution in [0.15, 0.2) is 47.4 Å². The van der Waals surface area contributed by atoms with Crippen LogP contribution in [0.2, 0.25) is 0 Å². The van der Waals surface area contributed by atoms with Gasteiger partial charge in [-0.3, -0.25) is 0 Å². The fourth-order valence-electron chi connectivity index (χ4n) is 5.22. The Morgan fingerprint density at radius 3 is 2.61 bits per heavy atom. The van der Waals surface area contributed by atoms with Crippen molar-refractivity contribution in [3.8, 4) is 11.5 Å². The lowest BCUT2D eigenvalue weighted by Gasteiger charge is -2.42. The van der Waals surface area contributed by atoms with Gasteiger partial charge in [0.05, 0.1) is 4.90 Å². The quantitative estimate of drug-likeness (QED) is 0.783. The Kier molecular flexibility index (Phi) is 4.18. The lowest BCUT2D eigenvalue weighted by atomic mass is 9.66. The molecule has 0 N–H and O–H groups in total. The Balaban J connectivity index is 1.54. The molecule has 1 saturated heterocycles. The van der Waals surface area contributed by atoms with Gasteiger partial charge in [0, 0.05) is 18.0 Å². The molecule has 1 saturated carbocycles. The number of nitrogens with zero attached hydrogens (tertiary/aromatic N) is 1. The molecule has 2 atom stereocenters. The van der Waals surface area contributed by atoms with Gasteiger partial charge >= 0.3 is 0 Å². The molecule has 5 rings (SSSR count). The van der Waals surface area contributed by atoms with Gasteiger partial charge in [0.15, 0.2) is 11.5 Å². The third-order valence-corrected chi connectivity index (χ3v) is 8.61. The number of aryl methyl sites for hydroxylation is 1. The van der Waals surface area contributed by atoms with Crippen molar-refractivity contribution >= 4 is 10.0 Å². The molecule has 2 aromatic carbocycles. The molecule has 28 heavy (non-hydrogen) atoms. The zero-order chi connectivity index (χ0) is 19.4. The predicted molar refractivity (Wildman–Crippen MR) is 106 cm³/mol. The molecular formula is C22H25NO4S. The fraction of sp³-hybridized carbons (Fsp3) is 0.455. The lowest BCUT2D eigenvalue weighted by molar-refractivity contribution is 0.173. The molecule has 2 fully saturated rings. The van der Waals surface area contributed by atoms with E-state index in [4.69, 9.17) is 9.47 Å². The second kappa shape index (κ2) is 6.49. The zero-order valence-electron chi connectivity index (χ0n) is 16.1. The minimum atomic E-state index is -3.51. The molecule has 3 aliphatic rings. The van der Waals surface area contributed by atoms with E-state index in [0.29, 0.717) is 11.4 Å². The van der Waals surface area contributed by atoms with Gasteiger partial charge in [0.1, 0.15) is 0 Å². The number of rotatable bonds is 3. The third kappa shape index (κ3) is 2.65. The number of hydrogen-bond acceptors (Lipinski definition) is 4. The Morgan fingerprint density at radius 2 is 1.79 bits per heavy atom. The van der Waals surface area contributed by atoms with Crippen LogP contribution in [0.5, 0.6) is 11.5 Å². The fourth-order valence-corrected chi connectivity index (χ4v) is 6.94. The first kappa shape index (κ1) is 18.0. The van der Waals surface area contributed by atoms with E-state index in [2.05, 4.69) is 12.1 Å². The summed E-state index contributed by atoms with van der Waals surface area (Å²) in [7, 11) is -3.51. The van der Waals surface area contributed by atoms with Gasteiger partial charge in [0.25, 0.3) is 0 Å². The Labute approximate surface area is 166 Å². The van der Waals surface area contributed by atoms with Crippen molar-refractivity contribution in [2.75, 3.05) is 13.3 Å². The van der Waals surface area contributed by atoms with Crippen molar-refractivity contribution in [2.24, 2.45) is 0 Å². The van der Waals surface area contributed by atoms with Gasteiger partial charge in [-0.1, -0.05) is 36.6 Å². The molecule has 0 aromatic heterocycles. The third-order valence-electron chi connectivity index (χ3n) is 6.69. The van der Waals surface area contributed by atoms with Crippen LogP contribution in [0.4, 0.5) is 0 Å². The molecular weight excluding hydrogens is 374 g/mol. The Morgan fingerprint density at radius 1 is 1.00 bits per heavy atom. The number of benzene rings is 2. The van der Waals surface area contributed by atoms with Crippen LogP contribution < -0.4 is 9.47 Å². The maximum absolute atomic E-state index is 13.4. The summed E-state index contributed by atoms with van der Waals surface area (Å²) in [6, 6.07) is 13.3. The molecule has 2 aliphatic heterocycles. The maximum Gasteiger partial charge on any atom is 0.243 e. The summed E-state index contributed by atoms with van der Waals surface area (Å²) >= 11 is 0. The average molecular weight is 400 g/mol. The molecule has 2 heterocycles. The molecule has 0 bridgehead atoms. The van der Waals surface area contributed by atoms with Gasteiger partial charge < -0.3 is 9.47 Å². The summed E-state index contributed by atoms with van der Waals surface area (Å²) in [5.74, 6) is 1.55. The second-order valence-corrected chi connectivity index (χ2v) is 10.1. The van der Waals surface area contributed by atoms with E-state index in [0.717, 1.165) is 49.2 Å². The molecule has 6 heteroatoms. The summed E-state index contributed by atoms with van der Waals surface area (Å²) in [5.41, 5.74) is 2.10. The van der Waals surface area contributed by atoms with E-state index >= 15 is 0 Å². The Bertz CT molecular complexity index is 1000. The molecule has 2 aromatic rings. The van der Waals surface area contributed by atoms with E-state index in [9.17, 15) is 8.42 Å². The summed E-state index contributed by atoms with van der Waals surface area (Å²) in [6.45, 7) is 2.79.